The first kappa shape index (κ1) is 10.4. The Bertz CT molecular complexity index is 628. The molecule has 3 aromatic rings. The zero-order valence-electron chi connectivity index (χ0n) is 9.08. The quantitative estimate of drug-likeness (QED) is 0.756. The van der Waals surface area contributed by atoms with E-state index in [1.165, 1.54) is 0 Å². The molecule has 0 radical (unpaired) electrons. The molecule has 0 saturated carbocycles. The van der Waals surface area contributed by atoms with E-state index in [4.69, 9.17) is 5.73 Å². The highest BCUT2D eigenvalue weighted by Crippen LogP contribution is 2.22. The lowest BCUT2D eigenvalue weighted by Gasteiger charge is -1.99. The fourth-order valence-electron chi connectivity index (χ4n) is 1.67. The number of fused-ring (bicyclic) bond motifs is 1. The van der Waals surface area contributed by atoms with Crippen LogP contribution in [0, 0.1) is 0 Å². The maximum Gasteiger partial charge on any atom is 0.177 e. The third kappa shape index (κ3) is 1.81. The van der Waals surface area contributed by atoms with Crippen molar-refractivity contribution in [1.82, 2.24) is 19.8 Å². The van der Waals surface area contributed by atoms with Crippen LogP contribution in [0.4, 0.5) is 0 Å². The summed E-state index contributed by atoms with van der Waals surface area (Å²) in [7, 11) is 0. The van der Waals surface area contributed by atoms with E-state index >= 15 is 0 Å². The molecule has 0 spiro atoms. The van der Waals surface area contributed by atoms with Crippen molar-refractivity contribution in [2.24, 2.45) is 5.73 Å². The summed E-state index contributed by atoms with van der Waals surface area (Å²) < 4.78 is 1.77. The van der Waals surface area contributed by atoms with Gasteiger partial charge in [0.2, 0.25) is 0 Å². The summed E-state index contributed by atoms with van der Waals surface area (Å²) in [6.07, 6.45) is 0.683. The molecule has 5 nitrogen and oxygen atoms in total. The predicted molar refractivity (Wildman–Crippen MR) is 66.9 cm³/mol. The lowest BCUT2D eigenvalue weighted by atomic mass is 10.3. The van der Waals surface area contributed by atoms with Crippen molar-refractivity contribution in [1.29, 1.82) is 0 Å². The highest BCUT2D eigenvalue weighted by Gasteiger charge is 2.08. The van der Waals surface area contributed by atoms with E-state index < -0.39 is 0 Å². The van der Waals surface area contributed by atoms with E-state index in [1.54, 1.807) is 15.9 Å². The molecule has 0 bridgehead atoms. The molecule has 3 heterocycles. The van der Waals surface area contributed by atoms with Crippen LogP contribution >= 0.6 is 11.3 Å². The van der Waals surface area contributed by atoms with E-state index in [2.05, 4.69) is 15.3 Å². The summed E-state index contributed by atoms with van der Waals surface area (Å²) in [6.45, 7) is 0.547. The van der Waals surface area contributed by atoms with Crippen LogP contribution in [0.1, 0.15) is 5.82 Å². The summed E-state index contributed by atoms with van der Waals surface area (Å²) in [4.78, 5) is 1.14. The van der Waals surface area contributed by atoms with E-state index in [1.807, 2.05) is 29.6 Å². The van der Waals surface area contributed by atoms with E-state index in [-0.39, 0.29) is 0 Å². The van der Waals surface area contributed by atoms with Gasteiger partial charge in [-0.2, -0.15) is 9.61 Å². The Morgan fingerprint density at radius 1 is 1.24 bits per heavy atom. The number of hydrogen-bond acceptors (Lipinski definition) is 5. The van der Waals surface area contributed by atoms with Gasteiger partial charge in [0, 0.05) is 6.42 Å². The van der Waals surface area contributed by atoms with Gasteiger partial charge in [-0.3, -0.25) is 0 Å². The second kappa shape index (κ2) is 4.23. The molecule has 3 rings (SSSR count). The second-order valence-corrected chi connectivity index (χ2v) is 4.57. The molecule has 0 atom stereocenters. The monoisotopic (exact) mass is 245 g/mol. The van der Waals surface area contributed by atoms with E-state index in [0.717, 1.165) is 22.0 Å². The maximum absolute atomic E-state index is 5.54. The summed E-state index contributed by atoms with van der Waals surface area (Å²) >= 11 is 1.67. The molecule has 6 heteroatoms. The number of nitrogens with two attached hydrogens (primary N) is 1. The van der Waals surface area contributed by atoms with Crippen LogP contribution in [-0.2, 0) is 6.42 Å². The van der Waals surface area contributed by atoms with Crippen LogP contribution in [0.2, 0.25) is 0 Å². The van der Waals surface area contributed by atoms with Gasteiger partial charge in [0.25, 0.3) is 0 Å². The summed E-state index contributed by atoms with van der Waals surface area (Å²) in [5.41, 5.74) is 7.23. The van der Waals surface area contributed by atoms with E-state index in [0.29, 0.717) is 13.0 Å². The van der Waals surface area contributed by atoms with Gasteiger partial charge in [0.05, 0.1) is 4.88 Å². The molecule has 0 aliphatic carbocycles. The molecule has 0 aliphatic rings. The first-order chi connectivity index (χ1) is 8.38. The zero-order chi connectivity index (χ0) is 11.7. The Morgan fingerprint density at radius 2 is 2.18 bits per heavy atom. The Labute approximate surface area is 102 Å². The molecule has 0 saturated heterocycles. The molecule has 0 aliphatic heterocycles. The van der Waals surface area contributed by atoms with Gasteiger partial charge in [-0.05, 0) is 30.1 Å². The van der Waals surface area contributed by atoms with Crippen LogP contribution in [0.3, 0.4) is 0 Å². The van der Waals surface area contributed by atoms with Crippen molar-refractivity contribution in [2.45, 2.75) is 6.42 Å². The Balaban J connectivity index is 2.13. The SMILES string of the molecule is NCCc1nnc2ccc(-c3cccs3)nn12. The largest absolute Gasteiger partial charge is 0.330 e. The Hall–Kier alpha value is -1.79. The van der Waals surface area contributed by atoms with Gasteiger partial charge in [-0.1, -0.05) is 6.07 Å². The molecule has 3 aromatic heterocycles. The fraction of sp³-hybridized carbons (Fsp3) is 0.182. The zero-order valence-corrected chi connectivity index (χ0v) is 9.89. The standard InChI is InChI=1S/C11H11N5S/c12-6-5-11-14-13-10-4-3-8(15-16(10)11)9-2-1-7-17-9/h1-4,7H,5-6,12H2. The topological polar surface area (TPSA) is 69.1 Å². The lowest BCUT2D eigenvalue weighted by molar-refractivity contribution is 0.793. The predicted octanol–water partition coefficient (Wildman–Crippen LogP) is 1.35. The third-order valence-corrected chi connectivity index (χ3v) is 3.36. The van der Waals surface area contributed by atoms with Crippen LogP contribution in [0.5, 0.6) is 0 Å². The normalized spacial score (nSPS) is 11.1. The second-order valence-electron chi connectivity index (χ2n) is 3.62. The van der Waals surface area contributed by atoms with Gasteiger partial charge >= 0.3 is 0 Å². The molecular weight excluding hydrogens is 234 g/mol. The summed E-state index contributed by atoms with van der Waals surface area (Å²) in [6, 6.07) is 7.95. The fourth-order valence-corrected chi connectivity index (χ4v) is 2.36. The smallest absolute Gasteiger partial charge is 0.177 e. The van der Waals surface area contributed by atoms with Gasteiger partial charge in [0.15, 0.2) is 11.5 Å². The number of rotatable bonds is 3. The van der Waals surface area contributed by atoms with Crippen molar-refractivity contribution in [3.05, 3.63) is 35.5 Å². The molecule has 0 fully saturated rings. The highest BCUT2D eigenvalue weighted by molar-refractivity contribution is 7.13. The lowest BCUT2D eigenvalue weighted by Crippen LogP contribution is -2.08. The number of hydrogen-bond donors (Lipinski definition) is 1. The Kier molecular flexibility index (Phi) is 2.58. The minimum Gasteiger partial charge on any atom is -0.330 e. The first-order valence-corrected chi connectivity index (χ1v) is 6.22. The molecular formula is C11H11N5S. The van der Waals surface area contributed by atoms with Gasteiger partial charge in [-0.15, -0.1) is 21.5 Å². The maximum atomic E-state index is 5.54. The summed E-state index contributed by atoms with van der Waals surface area (Å²) in [5, 5.41) is 14.7. The Morgan fingerprint density at radius 3 is 2.94 bits per heavy atom. The molecule has 0 aromatic carbocycles. The van der Waals surface area contributed by atoms with Crippen molar-refractivity contribution >= 4 is 17.0 Å². The highest BCUT2D eigenvalue weighted by atomic mass is 32.1. The molecule has 86 valence electrons. The van der Waals surface area contributed by atoms with Crippen molar-refractivity contribution in [3.8, 4) is 10.6 Å². The minimum absolute atomic E-state index is 0.547. The molecule has 0 unspecified atom stereocenters. The summed E-state index contributed by atoms with van der Waals surface area (Å²) in [5.74, 6) is 0.806. The van der Waals surface area contributed by atoms with Gasteiger partial charge in [0.1, 0.15) is 5.69 Å². The third-order valence-electron chi connectivity index (χ3n) is 2.47. The number of thiophene rings is 1. The van der Waals surface area contributed by atoms with Gasteiger partial charge in [-0.25, -0.2) is 0 Å². The molecule has 0 amide bonds. The van der Waals surface area contributed by atoms with Crippen LogP contribution in [-0.4, -0.2) is 26.4 Å². The van der Waals surface area contributed by atoms with Gasteiger partial charge < -0.3 is 5.73 Å². The van der Waals surface area contributed by atoms with E-state index in [9.17, 15) is 0 Å². The van der Waals surface area contributed by atoms with Crippen molar-refractivity contribution in [3.63, 3.8) is 0 Å². The number of nitrogens with zero attached hydrogens (tertiary/aromatic N) is 4. The van der Waals surface area contributed by atoms with Crippen molar-refractivity contribution < 1.29 is 0 Å². The van der Waals surface area contributed by atoms with Crippen LogP contribution in [0.25, 0.3) is 16.2 Å². The molecule has 17 heavy (non-hydrogen) atoms. The van der Waals surface area contributed by atoms with Crippen molar-refractivity contribution in [2.75, 3.05) is 6.54 Å². The average Bonchev–Trinajstić information content (AvgIpc) is 2.98. The van der Waals surface area contributed by atoms with Crippen LogP contribution in [0.15, 0.2) is 29.6 Å². The molecule has 2 N–H and O–H groups in total. The number of aromatic nitrogens is 4. The minimum atomic E-state index is 0.547. The first-order valence-electron chi connectivity index (χ1n) is 5.34. The average molecular weight is 245 g/mol. The van der Waals surface area contributed by atoms with Crippen LogP contribution < -0.4 is 5.73 Å².